The normalized spacial score (nSPS) is 14.9. The summed E-state index contributed by atoms with van der Waals surface area (Å²) in [5, 5.41) is 0. The van der Waals surface area contributed by atoms with Crippen LogP contribution in [0.25, 0.3) is 0 Å². The molecule has 5 nitrogen and oxygen atoms in total. The number of nitrogens with zero attached hydrogens (tertiary/aromatic N) is 1. The maximum absolute atomic E-state index is 11.9. The lowest BCUT2D eigenvalue weighted by atomic mass is 10.3. The molecular weight excluding hydrogens is 241 g/mol. The van der Waals surface area contributed by atoms with Crippen LogP contribution in [0.1, 0.15) is 13.8 Å². The molecule has 0 aromatic carbocycles. The van der Waals surface area contributed by atoms with E-state index in [2.05, 4.69) is 11.5 Å². The van der Waals surface area contributed by atoms with Gasteiger partial charge >= 0.3 is 11.4 Å². The van der Waals surface area contributed by atoms with Crippen LogP contribution in [-0.2, 0) is 14.6 Å². The van der Waals surface area contributed by atoms with Crippen LogP contribution in [0.15, 0.2) is 12.7 Å². The average Bonchev–Trinajstić information content (AvgIpc) is 2.26. The van der Waals surface area contributed by atoms with Crippen molar-refractivity contribution in [3.63, 3.8) is 0 Å². The standard InChI is InChI=1S/C11H21NO4P/c1-7-10(13)15-16-11(17(14)8-2)9(3)12(4,5)6/h7,9H,1,8H2,2-6H3/q+1. The molecule has 98 valence electrons. The minimum absolute atomic E-state index is 0.142. The van der Waals surface area contributed by atoms with Gasteiger partial charge in [0.1, 0.15) is 6.16 Å². The van der Waals surface area contributed by atoms with E-state index < -0.39 is 13.7 Å². The van der Waals surface area contributed by atoms with E-state index in [-0.39, 0.29) is 6.04 Å². The maximum atomic E-state index is 11.9. The zero-order valence-electron chi connectivity index (χ0n) is 11.1. The van der Waals surface area contributed by atoms with E-state index in [1.165, 1.54) is 0 Å². The fourth-order valence-corrected chi connectivity index (χ4v) is 2.12. The highest BCUT2D eigenvalue weighted by atomic mass is 31.1. The molecule has 0 bridgehead atoms. The average molecular weight is 262 g/mol. The second-order valence-electron chi connectivity index (χ2n) is 4.52. The van der Waals surface area contributed by atoms with E-state index in [1.807, 2.05) is 28.1 Å². The summed E-state index contributed by atoms with van der Waals surface area (Å²) < 4.78 is 0.530. The maximum Gasteiger partial charge on any atom is 0.366 e. The zero-order valence-corrected chi connectivity index (χ0v) is 12.0. The van der Waals surface area contributed by atoms with Gasteiger partial charge in [-0.1, -0.05) is 11.5 Å². The van der Waals surface area contributed by atoms with Crippen molar-refractivity contribution in [1.29, 1.82) is 0 Å². The molecule has 2 unspecified atom stereocenters. The van der Waals surface area contributed by atoms with Crippen LogP contribution in [0, 0.1) is 0 Å². The predicted octanol–water partition coefficient (Wildman–Crippen LogP) is 0.649. The van der Waals surface area contributed by atoms with Crippen LogP contribution < -0.4 is 4.89 Å². The highest BCUT2D eigenvalue weighted by Crippen LogP contribution is 2.20. The molecule has 0 aliphatic carbocycles. The molecule has 0 aromatic rings. The fraction of sp³-hybridized carbons (Fsp3) is 0.636. The quantitative estimate of drug-likeness (QED) is 0.232. The minimum Gasteiger partial charge on any atom is -0.628 e. The van der Waals surface area contributed by atoms with Gasteiger partial charge in [-0.25, -0.2) is 4.79 Å². The monoisotopic (exact) mass is 262 g/mol. The Morgan fingerprint density at radius 2 is 2.00 bits per heavy atom. The minimum atomic E-state index is -1.66. The van der Waals surface area contributed by atoms with Crippen LogP contribution in [-0.4, -0.2) is 49.3 Å². The van der Waals surface area contributed by atoms with Crippen LogP contribution in [0.5, 0.6) is 0 Å². The first kappa shape index (κ1) is 16.3. The summed E-state index contributed by atoms with van der Waals surface area (Å²) in [4.78, 5) is 32.2. The third-order valence-corrected chi connectivity index (χ3v) is 3.94. The molecule has 0 saturated heterocycles. The fourth-order valence-electron chi connectivity index (χ4n) is 0.925. The van der Waals surface area contributed by atoms with Crippen LogP contribution in [0.3, 0.4) is 0 Å². The summed E-state index contributed by atoms with van der Waals surface area (Å²) in [6, 6.07) is -0.142. The van der Waals surface area contributed by atoms with Crippen molar-refractivity contribution in [3.05, 3.63) is 12.7 Å². The summed E-state index contributed by atoms with van der Waals surface area (Å²) in [5.74, 6) is -0.699. The number of hydrogen-bond donors (Lipinski definition) is 0. The second kappa shape index (κ2) is 6.87. The molecule has 0 aliphatic heterocycles. The van der Waals surface area contributed by atoms with Gasteiger partial charge in [-0.05, 0) is 13.8 Å². The lowest BCUT2D eigenvalue weighted by Crippen LogP contribution is -2.49. The Bertz CT molecular complexity index is 320. The van der Waals surface area contributed by atoms with E-state index in [0.29, 0.717) is 16.1 Å². The topological polar surface area (TPSA) is 58.6 Å². The molecule has 6 heteroatoms. The van der Waals surface area contributed by atoms with E-state index in [1.54, 1.807) is 6.92 Å². The largest absolute Gasteiger partial charge is 0.628 e. The molecule has 0 spiro atoms. The lowest BCUT2D eigenvalue weighted by molar-refractivity contribution is -0.884. The number of likely N-dealkylation sites (N-methyl/N-ethyl adjacent to an activating group) is 1. The van der Waals surface area contributed by atoms with E-state index in [4.69, 9.17) is 4.89 Å². The van der Waals surface area contributed by atoms with E-state index in [9.17, 15) is 9.69 Å². The predicted molar refractivity (Wildman–Crippen MR) is 67.3 cm³/mol. The number of carbonyl (C=O) groups excluding carboxylic acids is 1. The molecule has 0 aromatic heterocycles. The molecule has 0 N–H and O–H groups in total. The van der Waals surface area contributed by atoms with E-state index >= 15 is 0 Å². The Morgan fingerprint density at radius 3 is 2.35 bits per heavy atom. The van der Waals surface area contributed by atoms with Gasteiger partial charge in [-0.15, -0.1) is 0 Å². The van der Waals surface area contributed by atoms with Gasteiger partial charge in [-0.2, -0.15) is 0 Å². The highest BCUT2D eigenvalue weighted by molar-refractivity contribution is 7.51. The molecule has 0 aliphatic rings. The van der Waals surface area contributed by atoms with Crippen molar-refractivity contribution in [3.8, 4) is 0 Å². The van der Waals surface area contributed by atoms with Crippen molar-refractivity contribution >= 4 is 19.2 Å². The molecule has 0 fully saturated rings. The molecular formula is C11H21NO4P+. The van der Waals surface area contributed by atoms with Gasteiger partial charge in [0.25, 0.3) is 0 Å². The Kier molecular flexibility index (Phi) is 6.57. The first-order chi connectivity index (χ1) is 7.73. The smallest absolute Gasteiger partial charge is 0.366 e. The lowest BCUT2D eigenvalue weighted by Gasteiger charge is -2.30. The summed E-state index contributed by atoms with van der Waals surface area (Å²) >= 11 is 0. The van der Waals surface area contributed by atoms with Crippen molar-refractivity contribution in [2.75, 3.05) is 27.3 Å². The van der Waals surface area contributed by atoms with Gasteiger partial charge in [0.15, 0.2) is 6.04 Å². The first-order valence-corrected chi connectivity index (χ1v) is 6.82. The van der Waals surface area contributed by atoms with Crippen molar-refractivity contribution in [2.45, 2.75) is 19.9 Å². The third kappa shape index (κ3) is 5.41. The van der Waals surface area contributed by atoms with Crippen LogP contribution >= 0.6 is 7.77 Å². The summed E-state index contributed by atoms with van der Waals surface area (Å²) in [6.45, 7) is 6.92. The zero-order chi connectivity index (χ0) is 13.6. The molecule has 0 rings (SSSR count). The number of carbonyl (C=O) groups is 1. The molecule has 0 heterocycles. The van der Waals surface area contributed by atoms with Crippen LogP contribution in [0.4, 0.5) is 0 Å². The summed E-state index contributed by atoms with van der Waals surface area (Å²) in [6.07, 6.45) is 1.44. The number of hydrogen-bond acceptors (Lipinski definition) is 4. The van der Waals surface area contributed by atoms with E-state index in [0.717, 1.165) is 6.08 Å². The van der Waals surface area contributed by atoms with Gasteiger partial charge < -0.3 is 9.38 Å². The number of rotatable bonds is 6. The Balaban J connectivity index is 4.92. The molecule has 2 atom stereocenters. The van der Waals surface area contributed by atoms with Gasteiger partial charge in [0.2, 0.25) is 0 Å². The van der Waals surface area contributed by atoms with Crippen molar-refractivity contribution in [1.82, 2.24) is 0 Å². The Hall–Kier alpha value is -0.740. The third-order valence-electron chi connectivity index (χ3n) is 2.43. The Labute approximate surface area is 104 Å². The SMILES string of the molecule is C=CC(=O)OOC(C(C)[N+](C)(C)C)=[P+]([O-])CC. The summed E-state index contributed by atoms with van der Waals surface area (Å²) in [5.41, 5.74) is 0.296. The Morgan fingerprint density at radius 1 is 1.47 bits per heavy atom. The second-order valence-corrected chi connectivity index (χ2v) is 6.35. The van der Waals surface area contributed by atoms with Gasteiger partial charge in [-0.3, -0.25) is 4.89 Å². The number of quaternary nitrogens is 1. The van der Waals surface area contributed by atoms with Gasteiger partial charge in [0, 0.05) is 6.08 Å². The van der Waals surface area contributed by atoms with Crippen LogP contribution in [0.2, 0.25) is 0 Å². The highest BCUT2D eigenvalue weighted by Gasteiger charge is 2.32. The molecule has 0 amide bonds. The van der Waals surface area contributed by atoms with Crippen molar-refractivity contribution in [2.24, 2.45) is 0 Å². The summed E-state index contributed by atoms with van der Waals surface area (Å²) in [7, 11) is 4.18. The molecule has 17 heavy (non-hydrogen) atoms. The molecule has 0 saturated carbocycles. The molecule has 0 radical (unpaired) electrons. The van der Waals surface area contributed by atoms with Gasteiger partial charge in [0.05, 0.1) is 28.9 Å². The first-order valence-electron chi connectivity index (χ1n) is 5.37. The van der Waals surface area contributed by atoms with Crippen molar-refractivity contribution < 1.29 is 23.9 Å².